The van der Waals surface area contributed by atoms with Gasteiger partial charge in [-0.15, -0.1) is 0 Å². The van der Waals surface area contributed by atoms with E-state index in [4.69, 9.17) is 4.74 Å². The highest BCUT2D eigenvalue weighted by Gasteiger charge is 2.24. The molecule has 56 heavy (non-hydrogen) atoms. The second kappa shape index (κ2) is 44.7. The second-order valence-corrected chi connectivity index (χ2v) is 17.2. The fourth-order valence-corrected chi connectivity index (χ4v) is 7.78. The van der Waals surface area contributed by atoms with Crippen LogP contribution in [0.2, 0.25) is 0 Å². The Morgan fingerprint density at radius 1 is 0.500 bits per heavy atom. The Balaban J connectivity index is 4.35. The molecule has 3 N–H and O–H groups in total. The summed E-state index contributed by atoms with van der Waals surface area (Å²) in [5.74, 6) is -0.470. The van der Waals surface area contributed by atoms with Gasteiger partial charge in [0.15, 0.2) is 0 Å². The largest absolute Gasteiger partial charge is 0.462 e. The van der Waals surface area contributed by atoms with Crippen molar-refractivity contribution in [2.45, 2.75) is 289 Å². The number of esters is 1. The van der Waals surface area contributed by atoms with Crippen LogP contribution in [0.25, 0.3) is 0 Å². The molecule has 0 aliphatic carbocycles. The lowest BCUT2D eigenvalue weighted by Gasteiger charge is -2.24. The van der Waals surface area contributed by atoms with E-state index in [9.17, 15) is 19.8 Å². The van der Waals surface area contributed by atoms with Crippen LogP contribution in [0.4, 0.5) is 0 Å². The molecule has 0 rings (SSSR count). The van der Waals surface area contributed by atoms with Crippen LogP contribution in [0.15, 0.2) is 12.2 Å². The molecule has 0 spiro atoms. The predicted octanol–water partition coefficient (Wildman–Crippen LogP) is 14.6. The van der Waals surface area contributed by atoms with E-state index < -0.39 is 18.2 Å². The molecule has 3 unspecified atom stereocenters. The van der Waals surface area contributed by atoms with E-state index in [1.165, 1.54) is 180 Å². The minimum Gasteiger partial charge on any atom is -0.462 e. The van der Waals surface area contributed by atoms with Crippen LogP contribution >= 0.6 is 0 Å². The van der Waals surface area contributed by atoms with Gasteiger partial charge >= 0.3 is 5.97 Å². The normalized spacial score (nSPS) is 13.3. The lowest BCUT2D eigenvalue weighted by Crippen LogP contribution is -2.46. The van der Waals surface area contributed by atoms with E-state index in [0.29, 0.717) is 19.3 Å². The first-order valence-electron chi connectivity index (χ1n) is 24.9. The lowest BCUT2D eigenvalue weighted by molar-refractivity contribution is -0.151. The quantitative estimate of drug-likeness (QED) is 0.0324. The van der Waals surface area contributed by atoms with E-state index in [0.717, 1.165) is 44.9 Å². The molecule has 6 nitrogen and oxygen atoms in total. The molecule has 0 heterocycles. The van der Waals surface area contributed by atoms with Crippen molar-refractivity contribution in [2.75, 3.05) is 6.61 Å². The Morgan fingerprint density at radius 3 is 1.29 bits per heavy atom. The summed E-state index contributed by atoms with van der Waals surface area (Å²) >= 11 is 0. The third-order valence-corrected chi connectivity index (χ3v) is 11.6. The van der Waals surface area contributed by atoms with Gasteiger partial charge in [0, 0.05) is 6.42 Å². The predicted molar refractivity (Wildman–Crippen MR) is 241 cm³/mol. The van der Waals surface area contributed by atoms with Crippen molar-refractivity contribution in [2.24, 2.45) is 0 Å². The van der Waals surface area contributed by atoms with Gasteiger partial charge in [-0.1, -0.05) is 219 Å². The van der Waals surface area contributed by atoms with Gasteiger partial charge in [-0.3, -0.25) is 9.59 Å². The topological polar surface area (TPSA) is 95.9 Å². The zero-order chi connectivity index (χ0) is 41.0. The van der Waals surface area contributed by atoms with Crippen LogP contribution < -0.4 is 5.32 Å². The average Bonchev–Trinajstić information content (AvgIpc) is 3.19. The number of allylic oxidation sites excluding steroid dienone is 2. The highest BCUT2D eigenvalue weighted by atomic mass is 16.5. The monoisotopic (exact) mass is 792 g/mol. The molecule has 0 aromatic carbocycles. The number of aliphatic hydroxyl groups is 2. The summed E-state index contributed by atoms with van der Waals surface area (Å²) in [7, 11) is 0. The molecule has 0 aromatic rings. The van der Waals surface area contributed by atoms with Gasteiger partial charge in [-0.25, -0.2) is 0 Å². The van der Waals surface area contributed by atoms with Crippen molar-refractivity contribution >= 4 is 11.9 Å². The number of hydrogen-bond acceptors (Lipinski definition) is 5. The van der Waals surface area contributed by atoms with E-state index >= 15 is 0 Å². The third kappa shape index (κ3) is 39.4. The first-order valence-corrected chi connectivity index (χ1v) is 24.9. The number of rotatable bonds is 45. The number of hydrogen-bond donors (Lipinski definition) is 3. The molecule has 3 atom stereocenters. The highest BCUT2D eigenvalue weighted by molar-refractivity contribution is 5.77. The van der Waals surface area contributed by atoms with Gasteiger partial charge in [0.25, 0.3) is 0 Å². The molecule has 0 aliphatic rings. The number of unbranched alkanes of at least 4 members (excludes halogenated alkanes) is 31. The van der Waals surface area contributed by atoms with Crippen molar-refractivity contribution in [3.05, 3.63) is 12.2 Å². The number of amides is 1. The van der Waals surface area contributed by atoms with Gasteiger partial charge in [0.1, 0.15) is 6.10 Å². The summed E-state index contributed by atoms with van der Waals surface area (Å²) in [6.07, 6.45) is 48.5. The van der Waals surface area contributed by atoms with Gasteiger partial charge in [-0.2, -0.15) is 0 Å². The molecule has 0 aliphatic heterocycles. The summed E-state index contributed by atoms with van der Waals surface area (Å²) in [6, 6.07) is -0.694. The summed E-state index contributed by atoms with van der Waals surface area (Å²) in [5, 5.41) is 23.7. The average molecular weight is 792 g/mol. The van der Waals surface area contributed by atoms with E-state index in [2.05, 4.69) is 38.2 Å². The minimum atomic E-state index is -0.781. The number of aliphatic hydroxyl groups excluding tert-OH is 2. The maximum absolute atomic E-state index is 13.1. The maximum atomic E-state index is 13.1. The molecule has 0 radical (unpaired) electrons. The molecule has 0 fully saturated rings. The highest BCUT2D eigenvalue weighted by Crippen LogP contribution is 2.18. The smallest absolute Gasteiger partial charge is 0.306 e. The van der Waals surface area contributed by atoms with Crippen LogP contribution in [-0.2, 0) is 14.3 Å². The van der Waals surface area contributed by atoms with Crippen LogP contribution in [0.5, 0.6) is 0 Å². The Morgan fingerprint density at radius 2 is 0.857 bits per heavy atom. The van der Waals surface area contributed by atoms with Crippen LogP contribution in [0.3, 0.4) is 0 Å². The van der Waals surface area contributed by atoms with Crippen LogP contribution in [0.1, 0.15) is 271 Å². The van der Waals surface area contributed by atoms with Crippen molar-refractivity contribution < 1.29 is 24.5 Å². The number of ether oxygens (including phenoxy) is 1. The van der Waals surface area contributed by atoms with Crippen molar-refractivity contribution in [3.8, 4) is 0 Å². The summed E-state index contributed by atoms with van der Waals surface area (Å²) in [5.41, 5.74) is 0. The molecule has 332 valence electrons. The van der Waals surface area contributed by atoms with Gasteiger partial charge in [0.2, 0.25) is 5.91 Å². The van der Waals surface area contributed by atoms with Crippen LogP contribution in [-0.4, -0.2) is 46.9 Å². The van der Waals surface area contributed by atoms with Crippen molar-refractivity contribution in [1.82, 2.24) is 5.32 Å². The van der Waals surface area contributed by atoms with Gasteiger partial charge in [0.05, 0.1) is 25.2 Å². The molecule has 0 saturated heterocycles. The number of nitrogens with one attached hydrogen (secondary N) is 1. The first-order chi connectivity index (χ1) is 27.5. The molecule has 1 amide bonds. The fourth-order valence-electron chi connectivity index (χ4n) is 7.78. The van der Waals surface area contributed by atoms with Crippen molar-refractivity contribution in [1.29, 1.82) is 0 Å². The summed E-state index contributed by atoms with van der Waals surface area (Å²) in [4.78, 5) is 26.0. The molecule has 0 saturated carbocycles. The molecular formula is C50H97NO5. The standard InChI is InChI=1S/C50H97NO5/c1-4-7-10-13-16-18-20-22-24-26-28-30-33-36-39-42-48(53)47(45-52)51-49(54)44-46(41-38-35-32-15-12-9-6-3)56-50(55)43-40-37-34-31-29-27-25-23-21-19-17-14-11-8-5-2/h19,21,46-48,52-53H,4-18,20,22-45H2,1-3H3,(H,51,54)/b21-19-. The molecule has 0 aromatic heterocycles. The Bertz CT molecular complexity index is 847. The van der Waals surface area contributed by atoms with E-state index in [1.807, 2.05) is 0 Å². The van der Waals surface area contributed by atoms with Crippen LogP contribution in [0, 0.1) is 0 Å². The van der Waals surface area contributed by atoms with E-state index in [-0.39, 0.29) is 24.9 Å². The SMILES string of the molecule is CCCCCC/C=C\CCCCCCCCCC(=O)OC(CCCCCCCCC)CC(=O)NC(CO)C(O)CCCCCCCCCCCCCCCCC. The number of carbonyl (C=O) groups excluding carboxylic acids is 2. The summed E-state index contributed by atoms with van der Waals surface area (Å²) in [6.45, 7) is 6.45. The Labute approximate surface area is 349 Å². The molecular weight excluding hydrogens is 695 g/mol. The van der Waals surface area contributed by atoms with Gasteiger partial charge in [-0.05, 0) is 51.4 Å². The van der Waals surface area contributed by atoms with Gasteiger partial charge < -0.3 is 20.3 Å². The molecule has 6 heteroatoms. The minimum absolute atomic E-state index is 0.0811. The summed E-state index contributed by atoms with van der Waals surface area (Å²) < 4.78 is 5.89. The zero-order valence-corrected chi connectivity index (χ0v) is 37.8. The second-order valence-electron chi connectivity index (χ2n) is 17.2. The van der Waals surface area contributed by atoms with Crippen molar-refractivity contribution in [3.63, 3.8) is 0 Å². The Kier molecular flexibility index (Phi) is 43.6. The molecule has 0 bridgehead atoms. The third-order valence-electron chi connectivity index (χ3n) is 11.6. The Hall–Kier alpha value is -1.40. The zero-order valence-electron chi connectivity index (χ0n) is 37.8. The lowest BCUT2D eigenvalue weighted by atomic mass is 10.0. The maximum Gasteiger partial charge on any atom is 0.306 e. The fraction of sp³-hybridized carbons (Fsp3) is 0.920. The number of carbonyl (C=O) groups is 2. The first kappa shape index (κ1) is 54.6. The van der Waals surface area contributed by atoms with E-state index in [1.54, 1.807) is 0 Å².